The summed E-state index contributed by atoms with van der Waals surface area (Å²) in [6, 6.07) is 18.3. The number of methoxy groups -OCH3 is 1. The lowest BCUT2D eigenvalue weighted by molar-refractivity contribution is 0.415. The Morgan fingerprint density at radius 1 is 0.917 bits per heavy atom. The predicted octanol–water partition coefficient (Wildman–Crippen LogP) is 4.34. The summed E-state index contributed by atoms with van der Waals surface area (Å²) in [4.78, 5) is 11.3. The number of para-hydroxylation sites is 1. The number of nitrogens with zero attached hydrogens (tertiary/aromatic N) is 3. The molecular weight excluding hydrogens is 298 g/mol. The number of hydrogen-bond acceptors (Lipinski definition) is 4. The lowest BCUT2D eigenvalue weighted by atomic mass is 10.00. The van der Waals surface area contributed by atoms with Crippen molar-refractivity contribution in [3.05, 3.63) is 78.1 Å². The Hall–Kier alpha value is -3.14. The number of anilines is 2. The van der Waals surface area contributed by atoms with Gasteiger partial charge in [-0.25, -0.2) is 4.99 Å². The molecule has 0 atom stereocenters. The molecule has 4 nitrogen and oxygen atoms in total. The molecule has 0 saturated carbocycles. The van der Waals surface area contributed by atoms with Crippen LogP contribution in [0.4, 0.5) is 17.1 Å². The molecule has 2 heterocycles. The fourth-order valence-electron chi connectivity index (χ4n) is 2.99. The molecule has 24 heavy (non-hydrogen) atoms. The fraction of sp³-hybridized carbons (Fsp3) is 0.100. The molecule has 3 aromatic rings. The van der Waals surface area contributed by atoms with Gasteiger partial charge in [0, 0.05) is 24.4 Å². The fourth-order valence-corrected chi connectivity index (χ4v) is 2.99. The third-order valence-electron chi connectivity index (χ3n) is 4.26. The number of ether oxygens (including phenoxy) is 1. The van der Waals surface area contributed by atoms with Crippen LogP contribution in [-0.2, 0) is 0 Å². The molecule has 0 saturated heterocycles. The van der Waals surface area contributed by atoms with E-state index in [1.807, 2.05) is 42.5 Å². The van der Waals surface area contributed by atoms with Crippen LogP contribution >= 0.6 is 0 Å². The van der Waals surface area contributed by atoms with Crippen LogP contribution in [0.1, 0.15) is 11.1 Å². The molecule has 1 aliphatic rings. The Labute approximate surface area is 141 Å². The van der Waals surface area contributed by atoms with E-state index in [1.54, 1.807) is 19.5 Å². The second-order valence-electron chi connectivity index (χ2n) is 5.63. The summed E-state index contributed by atoms with van der Waals surface area (Å²) in [6.07, 6.45) is 3.60. The maximum Gasteiger partial charge on any atom is 0.118 e. The highest BCUT2D eigenvalue weighted by atomic mass is 16.5. The van der Waals surface area contributed by atoms with E-state index in [0.717, 1.165) is 39.7 Å². The molecule has 1 aliphatic heterocycles. The molecule has 118 valence electrons. The van der Waals surface area contributed by atoms with Gasteiger partial charge < -0.3 is 9.64 Å². The number of hydrogen-bond donors (Lipinski definition) is 0. The van der Waals surface area contributed by atoms with Crippen LogP contribution in [0.15, 0.2) is 72.0 Å². The van der Waals surface area contributed by atoms with Gasteiger partial charge in [-0.05, 0) is 36.4 Å². The van der Waals surface area contributed by atoms with Gasteiger partial charge >= 0.3 is 0 Å². The molecule has 0 radical (unpaired) electrons. The van der Waals surface area contributed by atoms with E-state index in [-0.39, 0.29) is 0 Å². The molecule has 0 spiro atoms. The molecule has 0 aliphatic carbocycles. The van der Waals surface area contributed by atoms with Crippen molar-refractivity contribution < 1.29 is 4.74 Å². The average molecular weight is 315 g/mol. The molecule has 4 rings (SSSR count). The van der Waals surface area contributed by atoms with Crippen molar-refractivity contribution in [2.24, 2.45) is 4.99 Å². The van der Waals surface area contributed by atoms with Gasteiger partial charge in [-0.2, -0.15) is 0 Å². The first kappa shape index (κ1) is 14.5. The predicted molar refractivity (Wildman–Crippen MR) is 97.0 cm³/mol. The van der Waals surface area contributed by atoms with Gasteiger partial charge in [0.1, 0.15) is 11.4 Å². The third kappa shape index (κ3) is 2.33. The maximum atomic E-state index is 5.27. The standard InChI is InChI=1S/C20H17N3O/c1-23-18-6-4-3-5-16(18)20(14-7-9-15(24-2)10-8-14)22-17-13-21-12-11-19(17)23/h3-13H,1-2H3. The average Bonchev–Trinajstić information content (AvgIpc) is 2.78. The van der Waals surface area contributed by atoms with Crippen LogP contribution in [0.25, 0.3) is 0 Å². The minimum atomic E-state index is 0.834. The minimum absolute atomic E-state index is 0.834. The molecule has 0 unspecified atom stereocenters. The second kappa shape index (κ2) is 5.81. The normalized spacial score (nSPS) is 12.8. The van der Waals surface area contributed by atoms with Crippen molar-refractivity contribution >= 4 is 22.8 Å². The maximum absolute atomic E-state index is 5.27. The van der Waals surface area contributed by atoms with E-state index >= 15 is 0 Å². The molecule has 2 aromatic carbocycles. The number of rotatable bonds is 2. The lowest BCUT2D eigenvalue weighted by Gasteiger charge is -2.21. The van der Waals surface area contributed by atoms with Crippen LogP contribution in [0.2, 0.25) is 0 Å². The van der Waals surface area contributed by atoms with Crippen molar-refractivity contribution in [3.63, 3.8) is 0 Å². The van der Waals surface area contributed by atoms with E-state index in [4.69, 9.17) is 9.73 Å². The summed E-state index contributed by atoms with van der Waals surface area (Å²) < 4.78 is 5.27. The summed E-state index contributed by atoms with van der Waals surface area (Å²) >= 11 is 0. The van der Waals surface area contributed by atoms with Gasteiger partial charge in [0.2, 0.25) is 0 Å². The second-order valence-corrected chi connectivity index (χ2v) is 5.63. The summed E-state index contributed by atoms with van der Waals surface area (Å²) in [5, 5.41) is 0. The highest BCUT2D eigenvalue weighted by Gasteiger charge is 2.21. The van der Waals surface area contributed by atoms with Crippen LogP contribution < -0.4 is 9.64 Å². The van der Waals surface area contributed by atoms with E-state index < -0.39 is 0 Å². The zero-order valence-corrected chi connectivity index (χ0v) is 13.6. The Bertz CT molecular complexity index is 916. The van der Waals surface area contributed by atoms with Crippen LogP contribution in [0, 0.1) is 0 Å². The zero-order valence-electron chi connectivity index (χ0n) is 13.6. The van der Waals surface area contributed by atoms with Gasteiger partial charge in [-0.15, -0.1) is 0 Å². The van der Waals surface area contributed by atoms with Gasteiger partial charge in [-0.1, -0.05) is 18.2 Å². The number of fused-ring (bicyclic) bond motifs is 2. The molecule has 0 fully saturated rings. The highest BCUT2D eigenvalue weighted by molar-refractivity contribution is 6.18. The van der Waals surface area contributed by atoms with E-state index in [2.05, 4.69) is 29.1 Å². The van der Waals surface area contributed by atoms with Crippen LogP contribution in [0.5, 0.6) is 5.75 Å². The van der Waals surface area contributed by atoms with Crippen molar-refractivity contribution in [1.29, 1.82) is 0 Å². The Kier molecular flexibility index (Phi) is 3.50. The summed E-state index contributed by atoms with van der Waals surface area (Å²) in [5.41, 5.74) is 6.11. The Morgan fingerprint density at radius 3 is 2.50 bits per heavy atom. The van der Waals surface area contributed by atoms with Gasteiger partial charge in [0.15, 0.2) is 0 Å². The topological polar surface area (TPSA) is 37.7 Å². The first-order valence-electron chi connectivity index (χ1n) is 7.78. The van der Waals surface area contributed by atoms with Crippen LogP contribution in [-0.4, -0.2) is 24.9 Å². The first-order valence-corrected chi connectivity index (χ1v) is 7.78. The number of aromatic nitrogens is 1. The van der Waals surface area contributed by atoms with Gasteiger partial charge in [0.25, 0.3) is 0 Å². The lowest BCUT2D eigenvalue weighted by Crippen LogP contribution is -2.12. The monoisotopic (exact) mass is 315 g/mol. The SMILES string of the molecule is COc1ccc(C2=Nc3cnccc3N(C)c3ccccc32)cc1. The largest absolute Gasteiger partial charge is 0.497 e. The Morgan fingerprint density at radius 2 is 1.71 bits per heavy atom. The summed E-state index contributed by atoms with van der Waals surface area (Å²) in [6.45, 7) is 0. The van der Waals surface area contributed by atoms with E-state index in [9.17, 15) is 0 Å². The van der Waals surface area contributed by atoms with Gasteiger partial charge in [0.05, 0.1) is 30.4 Å². The van der Waals surface area contributed by atoms with Crippen molar-refractivity contribution in [3.8, 4) is 5.75 Å². The quantitative estimate of drug-likeness (QED) is 0.706. The summed E-state index contributed by atoms with van der Waals surface area (Å²) in [7, 11) is 3.73. The summed E-state index contributed by atoms with van der Waals surface area (Å²) in [5.74, 6) is 0.834. The molecule has 0 bridgehead atoms. The van der Waals surface area contributed by atoms with Crippen molar-refractivity contribution in [2.75, 3.05) is 19.1 Å². The zero-order chi connectivity index (χ0) is 16.5. The van der Waals surface area contributed by atoms with Crippen LogP contribution in [0.3, 0.4) is 0 Å². The number of pyridine rings is 1. The molecule has 1 aromatic heterocycles. The molecule has 0 amide bonds. The third-order valence-corrected chi connectivity index (χ3v) is 4.26. The van der Waals surface area contributed by atoms with E-state index in [1.165, 1.54) is 0 Å². The molecular formula is C20H17N3O. The first-order chi connectivity index (χ1) is 11.8. The smallest absolute Gasteiger partial charge is 0.118 e. The molecule has 0 N–H and O–H groups in total. The number of aliphatic imine (C=N–C) groups is 1. The van der Waals surface area contributed by atoms with Gasteiger partial charge in [-0.3, -0.25) is 4.98 Å². The Balaban J connectivity index is 1.96. The number of benzene rings is 2. The minimum Gasteiger partial charge on any atom is -0.497 e. The highest BCUT2D eigenvalue weighted by Crippen LogP contribution is 2.38. The molecule has 4 heteroatoms. The van der Waals surface area contributed by atoms with E-state index in [0.29, 0.717) is 0 Å². The van der Waals surface area contributed by atoms with Crippen molar-refractivity contribution in [2.45, 2.75) is 0 Å². The van der Waals surface area contributed by atoms with Crippen molar-refractivity contribution in [1.82, 2.24) is 4.98 Å².